The summed E-state index contributed by atoms with van der Waals surface area (Å²) < 4.78 is 5.56. The Kier molecular flexibility index (Phi) is 5.66. The predicted molar refractivity (Wildman–Crippen MR) is 83.2 cm³/mol. The molecule has 5 heteroatoms. The molecule has 0 heterocycles. The zero-order valence-electron chi connectivity index (χ0n) is 11.4. The monoisotopic (exact) mass is 356 g/mol. The van der Waals surface area contributed by atoms with Crippen LogP contribution in [0.3, 0.4) is 0 Å². The van der Waals surface area contributed by atoms with Crippen molar-refractivity contribution in [1.29, 1.82) is 0 Å². The first-order chi connectivity index (χ1) is 9.61. The first-order valence-electron chi connectivity index (χ1n) is 6.65. The van der Waals surface area contributed by atoms with Crippen LogP contribution in [0, 0.1) is 5.92 Å². The van der Waals surface area contributed by atoms with E-state index in [2.05, 4.69) is 20.7 Å². The van der Waals surface area contributed by atoms with Crippen LogP contribution in [0.5, 0.6) is 0 Å². The van der Waals surface area contributed by atoms with Crippen molar-refractivity contribution in [3.05, 3.63) is 28.2 Å². The smallest absolute Gasteiger partial charge is 0.315 e. The van der Waals surface area contributed by atoms with Crippen LogP contribution < -0.4 is 0 Å². The summed E-state index contributed by atoms with van der Waals surface area (Å²) in [6.07, 6.45) is 4.24. The highest BCUT2D eigenvalue weighted by Gasteiger charge is 2.25. The Morgan fingerprint density at radius 1 is 1.35 bits per heavy atom. The predicted octanol–water partition coefficient (Wildman–Crippen LogP) is 4.09. The number of benzene rings is 1. The minimum atomic E-state index is -0.283. The van der Waals surface area contributed by atoms with Crippen molar-refractivity contribution in [3.63, 3.8) is 0 Å². The van der Waals surface area contributed by atoms with Gasteiger partial charge in [0.05, 0.1) is 12.9 Å². The maximum absolute atomic E-state index is 12.5. The van der Waals surface area contributed by atoms with Gasteiger partial charge in [-0.2, -0.15) is 0 Å². The zero-order valence-corrected chi connectivity index (χ0v) is 13.8. The number of rotatable bonds is 5. The molecule has 1 saturated carbocycles. The molecule has 108 valence electrons. The fourth-order valence-electron chi connectivity index (χ4n) is 2.42. The number of halogens is 1. The van der Waals surface area contributed by atoms with Crippen LogP contribution in [-0.2, 0) is 9.53 Å². The number of Topliss-reactive ketones (excluding diaryl/α,β-unsaturated/α-hetero) is 1. The Balaban J connectivity index is 2.18. The van der Waals surface area contributed by atoms with E-state index in [1.54, 1.807) is 0 Å². The summed E-state index contributed by atoms with van der Waals surface area (Å²) in [6, 6.07) is 5.63. The van der Waals surface area contributed by atoms with E-state index < -0.39 is 0 Å². The second-order valence-corrected chi connectivity index (χ2v) is 6.78. The van der Waals surface area contributed by atoms with E-state index in [9.17, 15) is 9.59 Å². The third-order valence-electron chi connectivity index (χ3n) is 3.51. The Labute approximate surface area is 131 Å². The van der Waals surface area contributed by atoms with Crippen molar-refractivity contribution >= 4 is 39.4 Å². The van der Waals surface area contributed by atoms with E-state index in [0.29, 0.717) is 0 Å². The number of ketones is 1. The van der Waals surface area contributed by atoms with Gasteiger partial charge in [-0.25, -0.2) is 0 Å². The molecule has 20 heavy (non-hydrogen) atoms. The lowest BCUT2D eigenvalue weighted by molar-refractivity contribution is -0.137. The standard InChI is InChI=1S/C15H17BrO3S/c1-19-14(17)9-20-13-8-11(16)6-7-12(13)15(18)10-4-2-3-5-10/h6-8,10H,2-5,9H2,1H3. The number of esters is 1. The fourth-order valence-corrected chi connectivity index (χ4v) is 3.86. The normalized spacial score (nSPS) is 15.3. The molecule has 0 bridgehead atoms. The molecule has 1 aliphatic carbocycles. The minimum absolute atomic E-state index is 0.147. The maximum atomic E-state index is 12.5. The van der Waals surface area contributed by atoms with E-state index >= 15 is 0 Å². The number of hydrogen-bond acceptors (Lipinski definition) is 4. The zero-order chi connectivity index (χ0) is 14.5. The summed E-state index contributed by atoms with van der Waals surface area (Å²) in [6.45, 7) is 0. The van der Waals surface area contributed by atoms with Gasteiger partial charge in [0.25, 0.3) is 0 Å². The number of hydrogen-bond donors (Lipinski definition) is 0. The van der Waals surface area contributed by atoms with E-state index in [1.807, 2.05) is 18.2 Å². The number of ether oxygens (including phenoxy) is 1. The average molecular weight is 357 g/mol. The third-order valence-corrected chi connectivity index (χ3v) is 5.03. The third kappa shape index (κ3) is 3.85. The molecule has 1 aromatic rings. The van der Waals surface area contributed by atoms with Gasteiger partial charge in [-0.15, -0.1) is 11.8 Å². The van der Waals surface area contributed by atoms with Crippen LogP contribution in [0.1, 0.15) is 36.0 Å². The summed E-state index contributed by atoms with van der Waals surface area (Å²) in [5.74, 6) is 0.294. The lowest BCUT2D eigenvalue weighted by Crippen LogP contribution is -2.12. The van der Waals surface area contributed by atoms with Gasteiger partial charge in [0.2, 0.25) is 0 Å². The second kappa shape index (κ2) is 7.27. The van der Waals surface area contributed by atoms with Crippen LogP contribution in [0.2, 0.25) is 0 Å². The van der Waals surface area contributed by atoms with Crippen LogP contribution in [-0.4, -0.2) is 24.6 Å². The van der Waals surface area contributed by atoms with Crippen molar-refractivity contribution in [2.24, 2.45) is 5.92 Å². The molecule has 0 radical (unpaired) electrons. The fraction of sp³-hybridized carbons (Fsp3) is 0.467. The van der Waals surface area contributed by atoms with Crippen LogP contribution >= 0.6 is 27.7 Å². The largest absolute Gasteiger partial charge is 0.468 e. The minimum Gasteiger partial charge on any atom is -0.468 e. The van der Waals surface area contributed by atoms with Crippen LogP contribution in [0.25, 0.3) is 0 Å². The Morgan fingerprint density at radius 3 is 2.70 bits per heavy atom. The molecule has 0 saturated heterocycles. The first kappa shape index (κ1) is 15.6. The Bertz CT molecular complexity index is 510. The van der Waals surface area contributed by atoms with Crippen molar-refractivity contribution in [3.8, 4) is 0 Å². The molecule has 0 spiro atoms. The molecule has 3 nitrogen and oxygen atoms in total. The molecular formula is C15H17BrO3S. The highest BCUT2D eigenvalue weighted by Crippen LogP contribution is 2.33. The molecular weight excluding hydrogens is 340 g/mol. The number of thioether (sulfide) groups is 1. The highest BCUT2D eigenvalue weighted by molar-refractivity contribution is 9.10. The van der Waals surface area contributed by atoms with E-state index in [-0.39, 0.29) is 23.4 Å². The van der Waals surface area contributed by atoms with Crippen LogP contribution in [0.15, 0.2) is 27.6 Å². The quantitative estimate of drug-likeness (QED) is 0.452. The summed E-state index contributed by atoms with van der Waals surface area (Å²) in [5.41, 5.74) is 0.731. The van der Waals surface area contributed by atoms with Gasteiger partial charge < -0.3 is 4.74 Å². The van der Waals surface area contributed by atoms with Crippen molar-refractivity contribution < 1.29 is 14.3 Å². The van der Waals surface area contributed by atoms with Gasteiger partial charge in [-0.3, -0.25) is 9.59 Å². The molecule has 0 aromatic heterocycles. The van der Waals surface area contributed by atoms with Crippen molar-refractivity contribution in [2.75, 3.05) is 12.9 Å². The molecule has 2 rings (SSSR count). The molecule has 1 aliphatic rings. The Hall–Kier alpha value is -0.810. The molecule has 0 aliphatic heterocycles. The summed E-state index contributed by atoms with van der Waals surface area (Å²) >= 11 is 4.77. The van der Waals surface area contributed by atoms with Gasteiger partial charge in [0.15, 0.2) is 5.78 Å². The number of methoxy groups -OCH3 is 1. The summed E-state index contributed by atoms with van der Waals surface area (Å²) in [7, 11) is 1.37. The Morgan fingerprint density at radius 2 is 2.05 bits per heavy atom. The van der Waals surface area contributed by atoms with Gasteiger partial charge >= 0.3 is 5.97 Å². The highest BCUT2D eigenvalue weighted by atomic mass is 79.9. The van der Waals surface area contributed by atoms with Gasteiger partial charge in [0, 0.05) is 20.8 Å². The lowest BCUT2D eigenvalue weighted by atomic mass is 9.96. The average Bonchev–Trinajstić information content (AvgIpc) is 2.98. The van der Waals surface area contributed by atoms with E-state index in [4.69, 9.17) is 0 Å². The van der Waals surface area contributed by atoms with E-state index in [1.165, 1.54) is 18.9 Å². The molecule has 0 unspecified atom stereocenters. The number of carbonyl (C=O) groups excluding carboxylic acids is 2. The topological polar surface area (TPSA) is 43.4 Å². The van der Waals surface area contributed by atoms with Gasteiger partial charge in [0.1, 0.15) is 0 Å². The molecule has 0 atom stereocenters. The molecule has 1 aromatic carbocycles. The lowest BCUT2D eigenvalue weighted by Gasteiger charge is -2.12. The maximum Gasteiger partial charge on any atom is 0.315 e. The first-order valence-corrected chi connectivity index (χ1v) is 8.43. The molecule has 0 N–H and O–H groups in total. The van der Waals surface area contributed by atoms with Crippen molar-refractivity contribution in [2.45, 2.75) is 30.6 Å². The molecule has 0 amide bonds. The van der Waals surface area contributed by atoms with Crippen molar-refractivity contribution in [1.82, 2.24) is 0 Å². The second-order valence-electron chi connectivity index (χ2n) is 4.85. The number of carbonyl (C=O) groups is 2. The summed E-state index contributed by atoms with van der Waals surface area (Å²) in [4.78, 5) is 24.7. The SMILES string of the molecule is COC(=O)CSc1cc(Br)ccc1C(=O)C1CCCC1. The summed E-state index contributed by atoms with van der Waals surface area (Å²) in [5, 5.41) is 0. The molecule has 1 fully saturated rings. The van der Waals surface area contributed by atoms with Gasteiger partial charge in [-0.1, -0.05) is 28.8 Å². The van der Waals surface area contributed by atoms with Gasteiger partial charge in [-0.05, 0) is 31.0 Å². The van der Waals surface area contributed by atoms with Crippen LogP contribution in [0.4, 0.5) is 0 Å². The van der Waals surface area contributed by atoms with E-state index in [0.717, 1.165) is 40.6 Å².